The molecule has 1 saturated heterocycles. The summed E-state index contributed by atoms with van der Waals surface area (Å²) >= 11 is 0. The van der Waals surface area contributed by atoms with Gasteiger partial charge in [0.15, 0.2) is 0 Å². The van der Waals surface area contributed by atoms with Crippen LogP contribution in [0.1, 0.15) is 49.1 Å². The van der Waals surface area contributed by atoms with Gasteiger partial charge in [0.05, 0.1) is 16.5 Å². The molecule has 5 nitrogen and oxygen atoms in total. The van der Waals surface area contributed by atoms with Gasteiger partial charge in [-0.2, -0.15) is 13.2 Å². The van der Waals surface area contributed by atoms with E-state index >= 15 is 4.39 Å². The Morgan fingerprint density at radius 3 is 2.35 bits per heavy atom. The van der Waals surface area contributed by atoms with E-state index in [9.17, 15) is 26.4 Å². The van der Waals surface area contributed by atoms with Crippen LogP contribution < -0.4 is 10.6 Å². The first-order chi connectivity index (χ1) is 16.0. The molecule has 0 aromatic heterocycles. The van der Waals surface area contributed by atoms with Crippen molar-refractivity contribution in [3.63, 3.8) is 0 Å². The van der Waals surface area contributed by atoms with Gasteiger partial charge in [0.25, 0.3) is 0 Å². The fourth-order valence-electron chi connectivity index (χ4n) is 4.73. The molecule has 0 unspecified atom stereocenters. The maximum absolute atomic E-state index is 15.5. The van der Waals surface area contributed by atoms with Gasteiger partial charge in [-0.15, -0.1) is 0 Å². The normalized spacial score (nSPS) is 27.9. The Hall–Kier alpha value is -2.46. The van der Waals surface area contributed by atoms with Gasteiger partial charge in [-0.3, -0.25) is 4.79 Å². The molecule has 2 aromatic rings. The highest BCUT2D eigenvalue weighted by Crippen LogP contribution is 2.41. The number of benzene rings is 2. The van der Waals surface area contributed by atoms with Crippen LogP contribution in [0.3, 0.4) is 0 Å². The summed E-state index contributed by atoms with van der Waals surface area (Å²) in [7, 11) is -4.64. The van der Waals surface area contributed by atoms with E-state index in [1.54, 1.807) is 0 Å². The highest BCUT2D eigenvalue weighted by atomic mass is 32.2. The van der Waals surface area contributed by atoms with Crippen molar-refractivity contribution in [3.05, 3.63) is 65.7 Å². The van der Waals surface area contributed by atoms with Crippen LogP contribution in [0.2, 0.25) is 0 Å². The quantitative estimate of drug-likeness (QED) is 0.602. The molecule has 1 aliphatic heterocycles. The zero-order chi connectivity index (χ0) is 24.6. The van der Waals surface area contributed by atoms with Gasteiger partial charge >= 0.3 is 6.18 Å². The molecule has 2 aliphatic rings. The molecule has 0 radical (unpaired) electrons. The maximum atomic E-state index is 15.5. The van der Waals surface area contributed by atoms with Gasteiger partial charge in [0, 0.05) is 12.6 Å². The number of hydrogen-bond acceptors (Lipinski definition) is 4. The molecule has 2 atom stereocenters. The summed E-state index contributed by atoms with van der Waals surface area (Å²) in [5, 5.41) is 3.40. The van der Waals surface area contributed by atoms with Crippen LogP contribution in [0.4, 0.5) is 17.6 Å². The molecule has 2 aromatic carbocycles. The Balaban J connectivity index is 1.36. The Bertz CT molecular complexity index is 1130. The van der Waals surface area contributed by atoms with Gasteiger partial charge < -0.3 is 10.6 Å². The van der Waals surface area contributed by atoms with Crippen LogP contribution in [-0.4, -0.2) is 38.0 Å². The SMILES string of the molecule is O=C(N[C@H]1CC[C@](F)(S(=O)(=O)c2cccc(C(F)(F)F)c2)CC1)[C@@H]1C[C@H](c2ccccc2)CN1. The van der Waals surface area contributed by atoms with Crippen molar-refractivity contribution in [1.29, 1.82) is 0 Å². The lowest BCUT2D eigenvalue weighted by molar-refractivity contribution is -0.137. The number of sulfone groups is 1. The number of hydrogen-bond donors (Lipinski definition) is 2. The summed E-state index contributed by atoms with van der Waals surface area (Å²) in [6.45, 7) is 0.662. The van der Waals surface area contributed by atoms with E-state index in [0.717, 1.165) is 23.8 Å². The highest BCUT2D eigenvalue weighted by molar-refractivity contribution is 7.92. The first-order valence-corrected chi connectivity index (χ1v) is 12.7. The van der Waals surface area contributed by atoms with Crippen molar-refractivity contribution in [2.75, 3.05) is 6.54 Å². The van der Waals surface area contributed by atoms with E-state index in [1.165, 1.54) is 0 Å². The number of rotatable bonds is 5. The second-order valence-electron chi connectivity index (χ2n) is 9.00. The van der Waals surface area contributed by atoms with Gasteiger partial charge in [0.1, 0.15) is 0 Å². The maximum Gasteiger partial charge on any atom is 0.416 e. The largest absolute Gasteiger partial charge is 0.416 e. The summed E-state index contributed by atoms with van der Waals surface area (Å²) in [6, 6.07) is 12.2. The number of halogens is 4. The molecule has 184 valence electrons. The molecule has 2 N–H and O–H groups in total. The Labute approximate surface area is 195 Å². The molecule has 1 heterocycles. The van der Waals surface area contributed by atoms with Crippen molar-refractivity contribution in [2.45, 2.75) is 66.2 Å². The Morgan fingerprint density at radius 2 is 1.71 bits per heavy atom. The summed E-state index contributed by atoms with van der Waals surface area (Å²) < 4.78 is 80.2. The molecule has 34 heavy (non-hydrogen) atoms. The predicted molar refractivity (Wildman–Crippen MR) is 118 cm³/mol. The standard InChI is InChI=1S/C24H26F4N2O3S/c25-23(34(32,33)20-8-4-7-18(14-20)24(26,27)28)11-9-19(10-12-23)30-22(31)21-13-17(15-29-21)16-5-2-1-3-6-16/h1-8,14,17,19,21,29H,9-13,15H2,(H,30,31)/t17-,19-,21-,23-/m0/s1. The molecule has 1 saturated carbocycles. The number of alkyl halides is 4. The predicted octanol–water partition coefficient (Wildman–Crippen LogP) is 4.35. The summed E-state index contributed by atoms with van der Waals surface area (Å²) in [5.74, 6) is -0.00470. The van der Waals surface area contributed by atoms with Crippen LogP contribution in [0, 0.1) is 0 Å². The minimum Gasteiger partial charge on any atom is -0.352 e. The average Bonchev–Trinajstić information content (AvgIpc) is 3.31. The monoisotopic (exact) mass is 498 g/mol. The average molecular weight is 499 g/mol. The Morgan fingerprint density at radius 1 is 1.03 bits per heavy atom. The smallest absolute Gasteiger partial charge is 0.352 e. The molecule has 4 rings (SSSR count). The third-order valence-corrected chi connectivity index (χ3v) is 9.00. The summed E-state index contributed by atoms with van der Waals surface area (Å²) in [5.41, 5.74) is 0.000901. The van der Waals surface area contributed by atoms with Gasteiger partial charge in [-0.05, 0) is 61.8 Å². The zero-order valence-electron chi connectivity index (χ0n) is 18.3. The molecular weight excluding hydrogens is 472 g/mol. The lowest BCUT2D eigenvalue weighted by atomic mass is 9.92. The van der Waals surface area contributed by atoms with E-state index in [-0.39, 0.29) is 24.7 Å². The van der Waals surface area contributed by atoms with Gasteiger partial charge in [0.2, 0.25) is 20.7 Å². The number of amides is 1. The van der Waals surface area contributed by atoms with E-state index < -0.39 is 56.4 Å². The van der Waals surface area contributed by atoms with Crippen molar-refractivity contribution >= 4 is 15.7 Å². The molecule has 2 fully saturated rings. The van der Waals surface area contributed by atoms with Crippen molar-refractivity contribution in [1.82, 2.24) is 10.6 Å². The fraction of sp³-hybridized carbons (Fsp3) is 0.458. The molecule has 0 spiro atoms. The summed E-state index contributed by atoms with van der Waals surface area (Å²) in [4.78, 5) is 12.0. The number of nitrogens with one attached hydrogen (secondary N) is 2. The topological polar surface area (TPSA) is 75.3 Å². The molecule has 1 aliphatic carbocycles. The minimum absolute atomic E-state index is 0.0786. The minimum atomic E-state index is -4.73. The number of carbonyl (C=O) groups is 1. The van der Waals surface area contributed by atoms with Crippen molar-refractivity contribution in [3.8, 4) is 0 Å². The lowest BCUT2D eigenvalue weighted by Gasteiger charge is -2.34. The van der Waals surface area contributed by atoms with E-state index in [0.29, 0.717) is 19.0 Å². The second kappa shape index (κ2) is 9.30. The van der Waals surface area contributed by atoms with Crippen LogP contribution in [0.5, 0.6) is 0 Å². The molecule has 0 bridgehead atoms. The second-order valence-corrected chi connectivity index (χ2v) is 11.2. The Kier molecular flexibility index (Phi) is 6.74. The fourth-order valence-corrected chi connectivity index (χ4v) is 6.46. The highest BCUT2D eigenvalue weighted by Gasteiger charge is 2.48. The molecule has 10 heteroatoms. The van der Waals surface area contributed by atoms with Crippen molar-refractivity contribution < 1.29 is 30.8 Å². The van der Waals surface area contributed by atoms with Crippen molar-refractivity contribution in [2.24, 2.45) is 0 Å². The van der Waals surface area contributed by atoms with Gasteiger partial charge in [-0.25, -0.2) is 12.8 Å². The van der Waals surface area contributed by atoms with Crippen LogP contribution in [-0.2, 0) is 20.8 Å². The van der Waals surface area contributed by atoms with E-state index in [1.807, 2.05) is 30.3 Å². The first-order valence-electron chi connectivity index (χ1n) is 11.2. The first kappa shape index (κ1) is 24.7. The van der Waals surface area contributed by atoms with Crippen LogP contribution in [0.15, 0.2) is 59.5 Å². The van der Waals surface area contributed by atoms with Gasteiger partial charge in [-0.1, -0.05) is 36.4 Å². The zero-order valence-corrected chi connectivity index (χ0v) is 19.1. The van der Waals surface area contributed by atoms with E-state index in [2.05, 4.69) is 10.6 Å². The molecular formula is C24H26F4N2O3S. The van der Waals surface area contributed by atoms with Crippen LogP contribution >= 0.6 is 0 Å². The summed E-state index contributed by atoms with van der Waals surface area (Å²) in [6.07, 6.45) is -4.75. The lowest BCUT2D eigenvalue weighted by Crippen LogP contribution is -2.49. The van der Waals surface area contributed by atoms with E-state index in [4.69, 9.17) is 0 Å². The number of carbonyl (C=O) groups excluding carboxylic acids is 1. The van der Waals surface area contributed by atoms with Crippen LogP contribution in [0.25, 0.3) is 0 Å². The third kappa shape index (κ3) is 4.98. The third-order valence-electron chi connectivity index (χ3n) is 6.75. The molecule has 1 amide bonds.